The number of para-hydroxylation sites is 1. The average Bonchev–Trinajstić information content (AvgIpc) is 2.26. The minimum absolute atomic E-state index is 0.441. The molecule has 0 heterocycles. The fraction of sp³-hybridized carbons (Fsp3) is 0.273. The molecule has 0 radical (unpaired) electrons. The number of unbranched alkanes of at least 4 members (excludes halogenated alkanes) is 1. The van der Waals surface area contributed by atoms with Crippen LogP contribution in [-0.4, -0.2) is 12.9 Å². The van der Waals surface area contributed by atoms with Gasteiger partial charge in [-0.25, -0.2) is 0 Å². The molecule has 0 aliphatic rings. The number of hydrogen-bond acceptors (Lipinski definition) is 3. The molecule has 0 aliphatic carbocycles. The molecule has 78 valence electrons. The highest BCUT2D eigenvalue weighted by Crippen LogP contribution is 2.28. The first-order valence-electron chi connectivity index (χ1n) is 4.53. The third-order valence-electron chi connectivity index (χ3n) is 1.80. The molecule has 1 rings (SSSR count). The quantitative estimate of drug-likeness (QED) is 0.609. The van der Waals surface area contributed by atoms with Crippen LogP contribution >= 0.6 is 15.9 Å². The van der Waals surface area contributed by atoms with Gasteiger partial charge in [0.25, 0.3) is 0 Å². The summed E-state index contributed by atoms with van der Waals surface area (Å²) in [6.45, 7) is 0.441. The standard InChI is InChI=1S/C11H10BrNO2/c12-10-5-3-4-9(8-14)11(10)15-7-2-1-6-13/h3-5,8H,1-2,7H2. The summed E-state index contributed by atoms with van der Waals surface area (Å²) in [5.41, 5.74) is 0.515. The van der Waals surface area contributed by atoms with Crippen LogP contribution in [0.15, 0.2) is 22.7 Å². The van der Waals surface area contributed by atoms with Crippen LogP contribution < -0.4 is 4.74 Å². The van der Waals surface area contributed by atoms with E-state index in [1.165, 1.54) is 0 Å². The molecule has 0 aromatic heterocycles. The molecule has 0 spiro atoms. The van der Waals surface area contributed by atoms with Crippen LogP contribution in [0.2, 0.25) is 0 Å². The molecule has 0 fully saturated rings. The second-order valence-corrected chi connectivity index (χ2v) is 3.74. The van der Waals surface area contributed by atoms with Gasteiger partial charge in [-0.05, 0) is 34.5 Å². The first-order valence-corrected chi connectivity index (χ1v) is 5.32. The maximum atomic E-state index is 10.7. The Kier molecular flexibility index (Phi) is 4.85. The van der Waals surface area contributed by atoms with Crippen molar-refractivity contribution in [1.82, 2.24) is 0 Å². The third kappa shape index (κ3) is 3.37. The molecule has 0 aliphatic heterocycles. The lowest BCUT2D eigenvalue weighted by Gasteiger charge is -2.08. The third-order valence-corrected chi connectivity index (χ3v) is 2.43. The van der Waals surface area contributed by atoms with E-state index in [1.54, 1.807) is 12.1 Å². The van der Waals surface area contributed by atoms with E-state index >= 15 is 0 Å². The number of nitrogens with zero attached hydrogens (tertiary/aromatic N) is 1. The van der Waals surface area contributed by atoms with Crippen LogP contribution in [-0.2, 0) is 0 Å². The Labute approximate surface area is 96.8 Å². The van der Waals surface area contributed by atoms with Crippen molar-refractivity contribution < 1.29 is 9.53 Å². The lowest BCUT2D eigenvalue weighted by molar-refractivity contribution is 0.111. The predicted molar refractivity (Wildman–Crippen MR) is 59.9 cm³/mol. The van der Waals surface area contributed by atoms with Gasteiger partial charge >= 0.3 is 0 Å². The Balaban J connectivity index is 2.67. The fourth-order valence-corrected chi connectivity index (χ4v) is 1.59. The zero-order valence-electron chi connectivity index (χ0n) is 8.07. The summed E-state index contributed by atoms with van der Waals surface area (Å²) in [4.78, 5) is 10.7. The van der Waals surface area contributed by atoms with Gasteiger partial charge in [-0.1, -0.05) is 6.07 Å². The van der Waals surface area contributed by atoms with Crippen molar-refractivity contribution in [3.63, 3.8) is 0 Å². The van der Waals surface area contributed by atoms with Crippen molar-refractivity contribution in [3.8, 4) is 11.8 Å². The second-order valence-electron chi connectivity index (χ2n) is 2.89. The van der Waals surface area contributed by atoms with Gasteiger partial charge in [-0.3, -0.25) is 4.79 Å². The Hall–Kier alpha value is -1.34. The van der Waals surface area contributed by atoms with Crippen molar-refractivity contribution >= 4 is 22.2 Å². The molecule has 1 aromatic rings. The summed E-state index contributed by atoms with van der Waals surface area (Å²) in [5, 5.41) is 8.35. The van der Waals surface area contributed by atoms with Crippen molar-refractivity contribution in [2.45, 2.75) is 12.8 Å². The van der Waals surface area contributed by atoms with E-state index in [0.29, 0.717) is 30.8 Å². The summed E-state index contributed by atoms with van der Waals surface area (Å²) in [6, 6.07) is 7.31. The van der Waals surface area contributed by atoms with Crippen molar-refractivity contribution in [1.29, 1.82) is 5.26 Å². The molecule has 1 aromatic carbocycles. The Bertz CT molecular complexity index is 385. The van der Waals surface area contributed by atoms with Gasteiger partial charge in [0, 0.05) is 6.42 Å². The number of carbonyl (C=O) groups is 1. The number of hydrogen-bond donors (Lipinski definition) is 0. The second kappa shape index (κ2) is 6.20. The van der Waals surface area contributed by atoms with Gasteiger partial charge in [-0.15, -0.1) is 0 Å². The Morgan fingerprint density at radius 1 is 1.53 bits per heavy atom. The van der Waals surface area contributed by atoms with E-state index in [9.17, 15) is 4.79 Å². The van der Waals surface area contributed by atoms with Crippen molar-refractivity contribution in [2.75, 3.05) is 6.61 Å². The highest BCUT2D eigenvalue weighted by atomic mass is 79.9. The number of carbonyl (C=O) groups excluding carboxylic acids is 1. The van der Waals surface area contributed by atoms with Crippen molar-refractivity contribution in [2.24, 2.45) is 0 Å². The van der Waals surface area contributed by atoms with E-state index in [0.717, 1.165) is 10.8 Å². The SMILES string of the molecule is N#CCCCOc1c(Br)cccc1C=O. The molecule has 0 unspecified atom stereocenters. The van der Waals surface area contributed by atoms with Gasteiger partial charge in [0.05, 0.1) is 22.7 Å². The fourth-order valence-electron chi connectivity index (χ4n) is 1.10. The molecular weight excluding hydrogens is 258 g/mol. The molecule has 3 nitrogen and oxygen atoms in total. The lowest BCUT2D eigenvalue weighted by atomic mass is 10.2. The van der Waals surface area contributed by atoms with E-state index in [1.807, 2.05) is 12.1 Å². The summed E-state index contributed by atoms with van der Waals surface area (Å²) >= 11 is 3.31. The largest absolute Gasteiger partial charge is 0.492 e. The van der Waals surface area contributed by atoms with Crippen molar-refractivity contribution in [3.05, 3.63) is 28.2 Å². The van der Waals surface area contributed by atoms with Crippen LogP contribution in [0.1, 0.15) is 23.2 Å². The van der Waals surface area contributed by atoms with Gasteiger partial charge in [0.2, 0.25) is 0 Å². The summed E-state index contributed by atoms with van der Waals surface area (Å²) in [7, 11) is 0. The van der Waals surface area contributed by atoms with E-state index in [-0.39, 0.29) is 0 Å². The maximum Gasteiger partial charge on any atom is 0.153 e. The number of nitriles is 1. The predicted octanol–water partition coefficient (Wildman–Crippen LogP) is 2.94. The minimum Gasteiger partial charge on any atom is -0.492 e. The number of halogens is 1. The van der Waals surface area contributed by atoms with Gasteiger partial charge < -0.3 is 4.74 Å². The molecule has 0 saturated carbocycles. The monoisotopic (exact) mass is 267 g/mol. The van der Waals surface area contributed by atoms with Gasteiger partial charge in [0.15, 0.2) is 6.29 Å². The number of rotatable bonds is 5. The molecule has 0 N–H and O–H groups in total. The highest BCUT2D eigenvalue weighted by molar-refractivity contribution is 9.10. The minimum atomic E-state index is 0.441. The zero-order valence-corrected chi connectivity index (χ0v) is 9.66. The van der Waals surface area contributed by atoms with E-state index in [4.69, 9.17) is 10.00 Å². The van der Waals surface area contributed by atoms with Crippen LogP contribution in [0.5, 0.6) is 5.75 Å². The Morgan fingerprint density at radius 3 is 3.00 bits per heavy atom. The molecule has 0 saturated heterocycles. The van der Waals surface area contributed by atoms with Crippen LogP contribution in [0.25, 0.3) is 0 Å². The molecule has 0 bridgehead atoms. The smallest absolute Gasteiger partial charge is 0.153 e. The number of benzene rings is 1. The lowest BCUT2D eigenvalue weighted by Crippen LogP contribution is -2.00. The van der Waals surface area contributed by atoms with E-state index < -0.39 is 0 Å². The van der Waals surface area contributed by atoms with E-state index in [2.05, 4.69) is 15.9 Å². The number of aldehydes is 1. The molecule has 15 heavy (non-hydrogen) atoms. The molecular formula is C11H10BrNO2. The normalized spacial score (nSPS) is 9.33. The Morgan fingerprint density at radius 2 is 2.33 bits per heavy atom. The van der Waals surface area contributed by atoms with Crippen LogP contribution in [0, 0.1) is 11.3 Å². The maximum absolute atomic E-state index is 10.7. The molecule has 0 amide bonds. The summed E-state index contributed by atoms with van der Waals surface area (Å²) in [6.07, 6.45) is 1.88. The highest BCUT2D eigenvalue weighted by Gasteiger charge is 2.06. The first-order chi connectivity index (χ1) is 7.29. The zero-order chi connectivity index (χ0) is 11.1. The van der Waals surface area contributed by atoms with Crippen LogP contribution in [0.4, 0.5) is 0 Å². The van der Waals surface area contributed by atoms with Gasteiger partial charge in [-0.2, -0.15) is 5.26 Å². The van der Waals surface area contributed by atoms with Crippen LogP contribution in [0.3, 0.4) is 0 Å². The topological polar surface area (TPSA) is 50.1 Å². The average molecular weight is 268 g/mol. The summed E-state index contributed by atoms with van der Waals surface area (Å²) < 4.78 is 6.19. The molecule has 0 atom stereocenters. The molecule has 4 heteroatoms. The number of ether oxygens (including phenoxy) is 1. The first kappa shape index (κ1) is 11.7. The summed E-state index contributed by atoms with van der Waals surface area (Å²) in [5.74, 6) is 0.547. The van der Waals surface area contributed by atoms with Gasteiger partial charge in [0.1, 0.15) is 5.75 Å².